The highest BCUT2D eigenvalue weighted by molar-refractivity contribution is 6.41. The second-order valence-corrected chi connectivity index (χ2v) is 6.55. The Morgan fingerprint density at radius 3 is 2.19 bits per heavy atom. The van der Waals surface area contributed by atoms with Gasteiger partial charge in [0.1, 0.15) is 5.75 Å². The van der Waals surface area contributed by atoms with Gasteiger partial charge in [-0.15, -0.1) is 0 Å². The molecule has 0 bridgehead atoms. The van der Waals surface area contributed by atoms with Gasteiger partial charge in [-0.2, -0.15) is 0 Å². The number of hydrogen-bond acceptors (Lipinski definition) is 4. The summed E-state index contributed by atoms with van der Waals surface area (Å²) in [5.41, 5.74) is 1.21. The van der Waals surface area contributed by atoms with E-state index in [0.717, 1.165) is 12.8 Å². The summed E-state index contributed by atoms with van der Waals surface area (Å²) in [4.78, 5) is 13.3. The van der Waals surface area contributed by atoms with Gasteiger partial charge in [-0.3, -0.25) is 4.79 Å². The molecule has 2 rings (SSSR count). The summed E-state index contributed by atoms with van der Waals surface area (Å²) in [6, 6.07) is 6.66. The molecule has 2 aromatic carbocycles. The van der Waals surface area contributed by atoms with Gasteiger partial charge in [-0.1, -0.05) is 42.6 Å². The van der Waals surface area contributed by atoms with Crippen molar-refractivity contribution < 1.29 is 19.0 Å². The molecule has 140 valence electrons. The number of methoxy groups -OCH3 is 2. The second kappa shape index (κ2) is 9.15. The maximum absolute atomic E-state index is 13.3. The summed E-state index contributed by atoms with van der Waals surface area (Å²) in [7, 11) is 3.06. The van der Waals surface area contributed by atoms with Crippen LogP contribution in [0.1, 0.15) is 41.3 Å². The van der Waals surface area contributed by atoms with E-state index in [0.29, 0.717) is 35.0 Å². The van der Waals surface area contributed by atoms with Gasteiger partial charge in [-0.25, -0.2) is 0 Å². The Hall–Kier alpha value is -1.91. The van der Waals surface area contributed by atoms with Crippen molar-refractivity contribution >= 4 is 29.0 Å². The van der Waals surface area contributed by atoms with Gasteiger partial charge < -0.3 is 14.2 Å². The normalized spacial score (nSPS) is 10.5. The molecule has 0 atom stereocenters. The third kappa shape index (κ3) is 4.08. The quantitative estimate of drug-likeness (QED) is 0.422. The number of ketones is 1. The topological polar surface area (TPSA) is 44.8 Å². The van der Waals surface area contributed by atoms with Gasteiger partial charge in [0, 0.05) is 11.6 Å². The molecule has 6 heteroatoms. The van der Waals surface area contributed by atoms with Gasteiger partial charge in [0.15, 0.2) is 17.3 Å². The number of unbranched alkanes of at least 4 members (excludes halogenated alkanes) is 1. The van der Waals surface area contributed by atoms with Crippen molar-refractivity contribution in [3.05, 3.63) is 51.0 Å². The van der Waals surface area contributed by atoms with Crippen molar-refractivity contribution in [2.24, 2.45) is 0 Å². The lowest BCUT2D eigenvalue weighted by Gasteiger charge is -2.19. The van der Waals surface area contributed by atoms with Crippen LogP contribution in [0.4, 0.5) is 0 Å². The molecule has 0 saturated carbocycles. The van der Waals surface area contributed by atoms with Crippen LogP contribution in [0.2, 0.25) is 10.0 Å². The zero-order valence-electron chi connectivity index (χ0n) is 15.3. The van der Waals surface area contributed by atoms with E-state index in [1.54, 1.807) is 31.2 Å². The minimum Gasteiger partial charge on any atom is -0.496 e. The molecule has 0 aliphatic rings. The molecule has 0 N–H and O–H groups in total. The smallest absolute Gasteiger partial charge is 0.200 e. The first-order valence-electron chi connectivity index (χ1n) is 8.33. The zero-order valence-corrected chi connectivity index (χ0v) is 16.8. The van der Waals surface area contributed by atoms with E-state index in [1.165, 1.54) is 14.2 Å². The summed E-state index contributed by atoms with van der Waals surface area (Å²) in [5.74, 6) is 0.994. The Kier molecular flexibility index (Phi) is 7.18. The highest BCUT2D eigenvalue weighted by atomic mass is 35.5. The van der Waals surface area contributed by atoms with Crippen LogP contribution in [-0.2, 0) is 0 Å². The fourth-order valence-corrected chi connectivity index (χ4v) is 3.22. The van der Waals surface area contributed by atoms with Crippen molar-refractivity contribution in [1.82, 2.24) is 0 Å². The zero-order chi connectivity index (χ0) is 19.3. The molecule has 0 amide bonds. The molecular formula is C20H22Cl2O4. The second-order valence-electron chi connectivity index (χ2n) is 5.74. The minimum absolute atomic E-state index is 0.231. The van der Waals surface area contributed by atoms with Crippen molar-refractivity contribution in [3.8, 4) is 17.2 Å². The molecule has 0 aliphatic carbocycles. The van der Waals surface area contributed by atoms with Gasteiger partial charge in [0.05, 0.1) is 42.0 Å². The molecule has 0 unspecified atom stereocenters. The molecule has 4 nitrogen and oxygen atoms in total. The summed E-state index contributed by atoms with van der Waals surface area (Å²) >= 11 is 12.5. The van der Waals surface area contributed by atoms with Crippen LogP contribution < -0.4 is 14.2 Å². The minimum atomic E-state index is -0.332. The highest BCUT2D eigenvalue weighted by Crippen LogP contribution is 2.42. The maximum Gasteiger partial charge on any atom is 0.200 e. The number of carbonyl (C=O) groups is 1. The average molecular weight is 397 g/mol. The SMILES string of the molecule is CCCCOc1c(OC)cc(OC)c(C)c1C(=O)c1c(Cl)cccc1Cl. The van der Waals surface area contributed by atoms with E-state index < -0.39 is 0 Å². The van der Waals surface area contributed by atoms with Gasteiger partial charge in [-0.05, 0) is 25.5 Å². The first-order chi connectivity index (χ1) is 12.5. The molecule has 0 spiro atoms. The molecular weight excluding hydrogens is 375 g/mol. The predicted molar refractivity (Wildman–Crippen MR) is 105 cm³/mol. The number of benzene rings is 2. The lowest BCUT2D eigenvalue weighted by atomic mass is 9.96. The average Bonchev–Trinajstić information content (AvgIpc) is 2.62. The highest BCUT2D eigenvalue weighted by Gasteiger charge is 2.27. The fraction of sp³-hybridized carbons (Fsp3) is 0.350. The monoisotopic (exact) mass is 396 g/mol. The first kappa shape index (κ1) is 20.4. The standard InChI is InChI=1S/C20H22Cl2O4/c1-5-6-10-26-20-16(25-4)11-15(24-3)12(2)17(20)19(23)18-13(21)8-7-9-14(18)22/h7-9,11H,5-6,10H2,1-4H3. The van der Waals surface area contributed by atoms with E-state index in [2.05, 4.69) is 6.92 Å². The predicted octanol–water partition coefficient (Wildman–Crippen LogP) is 5.73. The Morgan fingerprint density at radius 1 is 1.04 bits per heavy atom. The Labute approximate surface area is 164 Å². The number of hydrogen-bond donors (Lipinski definition) is 0. The van der Waals surface area contributed by atoms with E-state index in [9.17, 15) is 4.79 Å². The Morgan fingerprint density at radius 2 is 1.65 bits per heavy atom. The third-order valence-corrected chi connectivity index (χ3v) is 4.69. The molecule has 0 aromatic heterocycles. The van der Waals surface area contributed by atoms with Crippen LogP contribution in [-0.4, -0.2) is 26.6 Å². The van der Waals surface area contributed by atoms with Crippen molar-refractivity contribution in [2.45, 2.75) is 26.7 Å². The lowest BCUT2D eigenvalue weighted by Crippen LogP contribution is -2.12. The number of rotatable bonds is 8. The van der Waals surface area contributed by atoms with Crippen LogP contribution in [0.25, 0.3) is 0 Å². The fourth-order valence-electron chi connectivity index (χ4n) is 2.65. The molecule has 0 radical (unpaired) electrons. The first-order valence-corrected chi connectivity index (χ1v) is 9.08. The summed E-state index contributed by atoms with van der Waals surface area (Å²) in [6.45, 7) is 4.33. The molecule has 2 aromatic rings. The number of ether oxygens (including phenoxy) is 3. The van der Waals surface area contributed by atoms with Gasteiger partial charge in [0.2, 0.25) is 0 Å². The molecule has 0 aliphatic heterocycles. The van der Waals surface area contributed by atoms with Crippen molar-refractivity contribution in [2.75, 3.05) is 20.8 Å². The lowest BCUT2D eigenvalue weighted by molar-refractivity contribution is 0.103. The largest absolute Gasteiger partial charge is 0.496 e. The van der Waals surface area contributed by atoms with Crippen LogP contribution in [0.3, 0.4) is 0 Å². The number of carbonyl (C=O) groups excluding carboxylic acids is 1. The molecule has 0 fully saturated rings. The number of halogens is 2. The van der Waals surface area contributed by atoms with E-state index >= 15 is 0 Å². The van der Waals surface area contributed by atoms with Gasteiger partial charge >= 0.3 is 0 Å². The molecule has 0 saturated heterocycles. The molecule has 26 heavy (non-hydrogen) atoms. The van der Waals surface area contributed by atoms with Crippen LogP contribution >= 0.6 is 23.2 Å². The van der Waals surface area contributed by atoms with Crippen LogP contribution in [0.15, 0.2) is 24.3 Å². The Balaban J connectivity index is 2.69. The van der Waals surface area contributed by atoms with Gasteiger partial charge in [0.25, 0.3) is 0 Å². The van der Waals surface area contributed by atoms with E-state index in [4.69, 9.17) is 37.4 Å². The molecule has 0 heterocycles. The maximum atomic E-state index is 13.3. The summed E-state index contributed by atoms with van der Waals surface area (Å²) in [5, 5.41) is 0.561. The Bertz CT molecular complexity index is 783. The summed E-state index contributed by atoms with van der Waals surface area (Å²) < 4.78 is 16.8. The summed E-state index contributed by atoms with van der Waals surface area (Å²) in [6.07, 6.45) is 1.83. The van der Waals surface area contributed by atoms with Crippen LogP contribution in [0, 0.1) is 6.92 Å². The van der Waals surface area contributed by atoms with E-state index in [1.807, 2.05) is 0 Å². The van der Waals surface area contributed by atoms with E-state index in [-0.39, 0.29) is 21.4 Å². The van der Waals surface area contributed by atoms with Crippen molar-refractivity contribution in [3.63, 3.8) is 0 Å². The van der Waals surface area contributed by atoms with Crippen LogP contribution in [0.5, 0.6) is 17.2 Å². The third-order valence-electron chi connectivity index (χ3n) is 4.06. The van der Waals surface area contributed by atoms with Crippen molar-refractivity contribution in [1.29, 1.82) is 0 Å².